The fraction of sp³-hybridized carbons (Fsp3) is 0.312. The normalized spacial score (nSPS) is 15.8. The smallest absolute Gasteiger partial charge is 0.227 e. The van der Waals surface area contributed by atoms with Crippen molar-refractivity contribution in [3.05, 3.63) is 52.8 Å². The summed E-state index contributed by atoms with van der Waals surface area (Å²) in [6.45, 7) is 3.25. The third kappa shape index (κ3) is 2.93. The van der Waals surface area contributed by atoms with E-state index in [0.29, 0.717) is 11.7 Å². The first-order valence-electron chi connectivity index (χ1n) is 7.34. The van der Waals surface area contributed by atoms with Gasteiger partial charge in [-0.25, -0.2) is 0 Å². The van der Waals surface area contributed by atoms with Gasteiger partial charge in [0.25, 0.3) is 0 Å². The number of hydrogen-bond acceptors (Lipinski definition) is 6. The molecule has 1 saturated heterocycles. The van der Waals surface area contributed by atoms with Crippen molar-refractivity contribution in [3.8, 4) is 11.4 Å². The number of aromatic nitrogens is 3. The van der Waals surface area contributed by atoms with Crippen LogP contribution in [0.2, 0.25) is 0 Å². The third-order valence-electron chi connectivity index (χ3n) is 3.84. The molecule has 0 spiro atoms. The Bertz CT molecular complexity index is 720. The number of rotatable bonds is 5. The maximum Gasteiger partial charge on any atom is 0.227 e. The quantitative estimate of drug-likeness (QED) is 0.725. The van der Waals surface area contributed by atoms with Crippen molar-refractivity contribution in [2.75, 3.05) is 13.1 Å². The summed E-state index contributed by atoms with van der Waals surface area (Å²) < 4.78 is 5.36. The summed E-state index contributed by atoms with van der Waals surface area (Å²) in [4.78, 5) is 12.4. The molecular formula is C16H16N4OS. The summed E-state index contributed by atoms with van der Waals surface area (Å²) >= 11 is 1.82. The molecule has 0 amide bonds. The van der Waals surface area contributed by atoms with Gasteiger partial charge < -0.3 is 4.52 Å². The zero-order valence-corrected chi connectivity index (χ0v) is 12.9. The van der Waals surface area contributed by atoms with Crippen LogP contribution in [0.25, 0.3) is 11.4 Å². The number of thiophene rings is 1. The molecule has 4 rings (SSSR count). The molecule has 1 aliphatic heterocycles. The zero-order valence-electron chi connectivity index (χ0n) is 12.1. The van der Waals surface area contributed by atoms with Crippen molar-refractivity contribution in [1.82, 2.24) is 20.0 Å². The van der Waals surface area contributed by atoms with Crippen LogP contribution < -0.4 is 0 Å². The molecule has 0 unspecified atom stereocenters. The molecule has 4 heterocycles. The molecule has 3 aromatic rings. The molecule has 0 N–H and O–H groups in total. The lowest BCUT2D eigenvalue weighted by molar-refractivity contribution is 0.0877. The summed E-state index contributed by atoms with van der Waals surface area (Å²) in [6, 6.07) is 8.11. The van der Waals surface area contributed by atoms with Gasteiger partial charge in [-0.1, -0.05) is 11.2 Å². The monoisotopic (exact) mass is 312 g/mol. The zero-order chi connectivity index (χ0) is 14.8. The van der Waals surface area contributed by atoms with Gasteiger partial charge in [0.2, 0.25) is 11.7 Å². The minimum atomic E-state index is 0.613. The van der Waals surface area contributed by atoms with Crippen molar-refractivity contribution in [2.24, 2.45) is 5.92 Å². The van der Waals surface area contributed by atoms with Crippen LogP contribution in [0.3, 0.4) is 0 Å². The van der Waals surface area contributed by atoms with Gasteiger partial charge >= 0.3 is 0 Å². The van der Waals surface area contributed by atoms with Gasteiger partial charge in [0.05, 0.1) is 0 Å². The molecule has 0 radical (unpaired) electrons. The number of pyridine rings is 1. The van der Waals surface area contributed by atoms with Crippen molar-refractivity contribution < 1.29 is 4.52 Å². The lowest BCUT2D eigenvalue weighted by Crippen LogP contribution is -2.46. The number of hydrogen-bond donors (Lipinski definition) is 0. The highest BCUT2D eigenvalue weighted by Crippen LogP contribution is 2.24. The van der Waals surface area contributed by atoms with E-state index in [4.69, 9.17) is 4.52 Å². The first kappa shape index (κ1) is 13.6. The van der Waals surface area contributed by atoms with Gasteiger partial charge in [0.1, 0.15) is 0 Å². The standard InChI is InChI=1S/C16H16N4OS/c1-3-13(8-17-5-1)16-18-15(21-19-16)7-12-9-20(10-12)11-14-4-2-6-22-14/h1-6,8,12H,7,9-11H2. The van der Waals surface area contributed by atoms with Crippen LogP contribution >= 0.6 is 11.3 Å². The summed E-state index contributed by atoms with van der Waals surface area (Å²) in [7, 11) is 0. The van der Waals surface area contributed by atoms with E-state index in [-0.39, 0.29) is 0 Å². The minimum absolute atomic E-state index is 0.613. The molecule has 3 aromatic heterocycles. The van der Waals surface area contributed by atoms with Gasteiger partial charge in [-0.3, -0.25) is 9.88 Å². The van der Waals surface area contributed by atoms with Crippen molar-refractivity contribution in [2.45, 2.75) is 13.0 Å². The average Bonchev–Trinajstić information content (AvgIpc) is 3.17. The highest BCUT2D eigenvalue weighted by atomic mass is 32.1. The largest absolute Gasteiger partial charge is 0.339 e. The molecule has 0 saturated carbocycles. The molecule has 1 fully saturated rings. The lowest BCUT2D eigenvalue weighted by atomic mass is 9.96. The van der Waals surface area contributed by atoms with Gasteiger partial charge in [-0.15, -0.1) is 11.3 Å². The van der Waals surface area contributed by atoms with Crippen molar-refractivity contribution in [3.63, 3.8) is 0 Å². The van der Waals surface area contributed by atoms with Crippen LogP contribution in [-0.4, -0.2) is 33.1 Å². The van der Waals surface area contributed by atoms with Gasteiger partial charge in [0, 0.05) is 48.9 Å². The van der Waals surface area contributed by atoms with E-state index < -0.39 is 0 Å². The van der Waals surface area contributed by atoms with Gasteiger partial charge in [-0.2, -0.15) is 4.98 Å². The van der Waals surface area contributed by atoms with Crippen LogP contribution in [0.1, 0.15) is 10.8 Å². The highest BCUT2D eigenvalue weighted by molar-refractivity contribution is 7.09. The van der Waals surface area contributed by atoms with E-state index in [1.165, 1.54) is 4.88 Å². The molecule has 0 bridgehead atoms. The van der Waals surface area contributed by atoms with Crippen LogP contribution in [0.15, 0.2) is 46.6 Å². The predicted octanol–water partition coefficient (Wildman–Crippen LogP) is 2.87. The Hall–Kier alpha value is -2.05. The lowest BCUT2D eigenvalue weighted by Gasteiger charge is -2.38. The van der Waals surface area contributed by atoms with Crippen LogP contribution in [0.5, 0.6) is 0 Å². The fourth-order valence-electron chi connectivity index (χ4n) is 2.75. The highest BCUT2D eigenvalue weighted by Gasteiger charge is 2.28. The molecule has 112 valence electrons. The van der Waals surface area contributed by atoms with Gasteiger partial charge in [0.15, 0.2) is 0 Å². The molecule has 6 heteroatoms. The molecule has 0 aliphatic carbocycles. The van der Waals surface area contributed by atoms with Crippen LogP contribution in [-0.2, 0) is 13.0 Å². The first-order chi connectivity index (χ1) is 10.9. The molecule has 0 aromatic carbocycles. The Morgan fingerprint density at radius 2 is 2.23 bits per heavy atom. The van der Waals surface area contributed by atoms with Crippen molar-refractivity contribution in [1.29, 1.82) is 0 Å². The fourth-order valence-corrected chi connectivity index (χ4v) is 3.50. The van der Waals surface area contributed by atoms with E-state index in [0.717, 1.165) is 37.5 Å². The molecular weight excluding hydrogens is 296 g/mol. The van der Waals surface area contributed by atoms with E-state index in [1.54, 1.807) is 12.4 Å². The van der Waals surface area contributed by atoms with E-state index in [1.807, 2.05) is 23.5 Å². The summed E-state index contributed by atoms with van der Waals surface area (Å²) in [5.41, 5.74) is 0.894. The van der Waals surface area contributed by atoms with Crippen molar-refractivity contribution >= 4 is 11.3 Å². The average molecular weight is 312 g/mol. The summed E-state index contributed by atoms with van der Waals surface area (Å²) in [6.07, 6.45) is 4.34. The number of likely N-dealkylation sites (tertiary alicyclic amines) is 1. The van der Waals surface area contributed by atoms with Crippen LogP contribution in [0, 0.1) is 5.92 Å². The number of nitrogens with zero attached hydrogens (tertiary/aromatic N) is 4. The summed E-state index contributed by atoms with van der Waals surface area (Å²) in [5.74, 6) is 1.96. The second-order valence-corrected chi connectivity index (χ2v) is 6.63. The Morgan fingerprint density at radius 3 is 3.00 bits per heavy atom. The van der Waals surface area contributed by atoms with Gasteiger partial charge in [-0.05, 0) is 29.5 Å². The Labute approximate surface area is 132 Å². The first-order valence-corrected chi connectivity index (χ1v) is 8.22. The molecule has 0 atom stereocenters. The second-order valence-electron chi connectivity index (χ2n) is 5.60. The molecule has 1 aliphatic rings. The maximum absolute atomic E-state index is 5.36. The minimum Gasteiger partial charge on any atom is -0.339 e. The topological polar surface area (TPSA) is 55.1 Å². The SMILES string of the molecule is c1cncc(-c2noc(CC3CN(Cc4cccs4)C3)n2)c1. The summed E-state index contributed by atoms with van der Waals surface area (Å²) in [5, 5.41) is 6.17. The second kappa shape index (κ2) is 5.98. The Balaban J connectivity index is 1.31. The van der Waals surface area contributed by atoms with E-state index >= 15 is 0 Å². The van der Waals surface area contributed by atoms with E-state index in [2.05, 4.69) is 37.5 Å². The molecule has 5 nitrogen and oxygen atoms in total. The van der Waals surface area contributed by atoms with E-state index in [9.17, 15) is 0 Å². The Kier molecular flexibility index (Phi) is 3.70. The third-order valence-corrected chi connectivity index (χ3v) is 4.70. The predicted molar refractivity (Wildman–Crippen MR) is 84.3 cm³/mol. The maximum atomic E-state index is 5.36. The molecule has 22 heavy (non-hydrogen) atoms. The Morgan fingerprint density at radius 1 is 1.27 bits per heavy atom. The van der Waals surface area contributed by atoms with Crippen LogP contribution in [0.4, 0.5) is 0 Å².